The normalized spacial score (nSPS) is 24.4. The van der Waals surface area contributed by atoms with Crippen LogP contribution < -0.4 is 5.32 Å². The summed E-state index contributed by atoms with van der Waals surface area (Å²) in [6.07, 6.45) is 1.74. The van der Waals surface area contributed by atoms with Crippen molar-refractivity contribution in [2.24, 2.45) is 11.8 Å². The number of sulfonamides is 1. The summed E-state index contributed by atoms with van der Waals surface area (Å²) in [5.74, 6) is 0.435. The van der Waals surface area contributed by atoms with E-state index in [-0.39, 0.29) is 16.7 Å². The molecular formula is C20H29F3N2O2S. The molecule has 2 aliphatic rings. The van der Waals surface area contributed by atoms with Gasteiger partial charge in [-0.15, -0.1) is 0 Å². The fourth-order valence-electron chi connectivity index (χ4n) is 4.92. The van der Waals surface area contributed by atoms with Crippen molar-refractivity contribution in [2.75, 3.05) is 20.1 Å². The first-order chi connectivity index (χ1) is 13.1. The Kier molecular flexibility index (Phi) is 6.13. The smallest absolute Gasteiger partial charge is 0.316 e. The fourth-order valence-corrected chi connectivity index (χ4v) is 6.53. The van der Waals surface area contributed by atoms with E-state index in [9.17, 15) is 21.6 Å². The topological polar surface area (TPSA) is 49.4 Å². The Hall–Kier alpha value is -1.12. The van der Waals surface area contributed by atoms with Gasteiger partial charge in [-0.3, -0.25) is 0 Å². The second-order valence-corrected chi connectivity index (χ2v) is 10.2. The largest absolute Gasteiger partial charge is 0.416 e. The number of hydrogen-bond donors (Lipinski definition) is 1. The molecule has 28 heavy (non-hydrogen) atoms. The van der Waals surface area contributed by atoms with Gasteiger partial charge in [-0.05, 0) is 75.4 Å². The van der Waals surface area contributed by atoms with Gasteiger partial charge in [0.05, 0.1) is 10.5 Å². The molecule has 1 aliphatic heterocycles. The number of benzene rings is 1. The second kappa shape index (κ2) is 7.95. The number of hydrogen-bond acceptors (Lipinski definition) is 3. The van der Waals surface area contributed by atoms with Crippen molar-refractivity contribution >= 4 is 10.0 Å². The van der Waals surface area contributed by atoms with E-state index in [2.05, 4.69) is 5.32 Å². The maximum atomic E-state index is 13.4. The number of alkyl halides is 3. The van der Waals surface area contributed by atoms with Crippen molar-refractivity contribution in [3.63, 3.8) is 0 Å². The summed E-state index contributed by atoms with van der Waals surface area (Å²) >= 11 is 0. The van der Waals surface area contributed by atoms with Crippen LogP contribution in [0.2, 0.25) is 0 Å². The van der Waals surface area contributed by atoms with E-state index in [0.29, 0.717) is 0 Å². The molecule has 1 heterocycles. The van der Waals surface area contributed by atoms with Crippen molar-refractivity contribution in [3.05, 3.63) is 29.8 Å². The van der Waals surface area contributed by atoms with Gasteiger partial charge in [0.2, 0.25) is 10.0 Å². The van der Waals surface area contributed by atoms with Gasteiger partial charge in [-0.2, -0.15) is 17.5 Å². The third-order valence-electron chi connectivity index (χ3n) is 6.84. The maximum Gasteiger partial charge on any atom is 0.416 e. The third-order valence-corrected chi connectivity index (χ3v) is 8.82. The van der Waals surface area contributed by atoms with Gasteiger partial charge in [-0.25, -0.2) is 8.42 Å². The van der Waals surface area contributed by atoms with Crippen molar-refractivity contribution in [2.45, 2.75) is 62.1 Å². The van der Waals surface area contributed by atoms with Gasteiger partial charge in [0.25, 0.3) is 0 Å². The van der Waals surface area contributed by atoms with Gasteiger partial charge in [-0.1, -0.05) is 19.3 Å². The minimum absolute atomic E-state index is 0.0870. The number of halogens is 3. The van der Waals surface area contributed by atoms with Gasteiger partial charge in [0.1, 0.15) is 0 Å². The van der Waals surface area contributed by atoms with Crippen LogP contribution in [0.3, 0.4) is 0 Å². The van der Waals surface area contributed by atoms with Crippen LogP contribution in [0, 0.1) is 11.8 Å². The molecule has 1 saturated carbocycles. The number of nitrogens with one attached hydrogen (secondary N) is 1. The summed E-state index contributed by atoms with van der Waals surface area (Å²) in [6.45, 7) is 3.66. The zero-order valence-corrected chi connectivity index (χ0v) is 17.2. The van der Waals surface area contributed by atoms with Gasteiger partial charge < -0.3 is 5.32 Å². The zero-order valence-electron chi connectivity index (χ0n) is 16.4. The summed E-state index contributed by atoms with van der Waals surface area (Å²) in [5.41, 5.74) is -1.41. The Morgan fingerprint density at radius 1 is 1.00 bits per heavy atom. The summed E-state index contributed by atoms with van der Waals surface area (Å²) in [7, 11) is -2.31. The van der Waals surface area contributed by atoms with E-state index in [1.54, 1.807) is 7.05 Å². The van der Waals surface area contributed by atoms with Crippen molar-refractivity contribution in [1.82, 2.24) is 9.62 Å². The molecule has 1 saturated heterocycles. The maximum absolute atomic E-state index is 13.4. The van der Waals surface area contributed by atoms with Crippen LogP contribution in [0.5, 0.6) is 0 Å². The second-order valence-electron chi connectivity index (χ2n) is 8.25. The highest BCUT2D eigenvalue weighted by Crippen LogP contribution is 2.44. The Balaban J connectivity index is 1.95. The van der Waals surface area contributed by atoms with E-state index < -0.39 is 27.3 Å². The lowest BCUT2D eigenvalue weighted by Gasteiger charge is -2.49. The number of rotatable bonds is 5. The predicted octanol–water partition coefficient (Wildman–Crippen LogP) is 4.27. The van der Waals surface area contributed by atoms with Crippen molar-refractivity contribution in [1.29, 1.82) is 0 Å². The Labute approximate surface area is 165 Å². The van der Waals surface area contributed by atoms with Crippen LogP contribution in [0.15, 0.2) is 29.2 Å². The molecule has 3 rings (SSSR count). The van der Waals surface area contributed by atoms with Crippen LogP contribution in [0.25, 0.3) is 0 Å². The summed E-state index contributed by atoms with van der Waals surface area (Å²) in [6, 6.07) is 3.83. The lowest BCUT2D eigenvalue weighted by molar-refractivity contribution is -0.137. The molecule has 0 amide bonds. The monoisotopic (exact) mass is 418 g/mol. The lowest BCUT2D eigenvalue weighted by atomic mass is 9.69. The number of nitrogens with zero attached hydrogens (tertiary/aromatic N) is 1. The third kappa shape index (κ3) is 3.96. The van der Waals surface area contributed by atoms with Gasteiger partial charge in [0.15, 0.2) is 0 Å². The molecule has 1 aromatic carbocycles. The molecule has 2 atom stereocenters. The molecule has 2 unspecified atom stereocenters. The summed E-state index contributed by atoms with van der Waals surface area (Å²) < 4.78 is 66.7. The van der Waals surface area contributed by atoms with E-state index in [1.165, 1.54) is 10.7 Å². The molecule has 8 heteroatoms. The van der Waals surface area contributed by atoms with E-state index >= 15 is 0 Å². The van der Waals surface area contributed by atoms with Crippen LogP contribution in [-0.4, -0.2) is 38.4 Å². The van der Waals surface area contributed by atoms with Crippen LogP contribution >= 0.6 is 0 Å². The average Bonchev–Trinajstić information content (AvgIpc) is 3.22. The van der Waals surface area contributed by atoms with Gasteiger partial charge in [0, 0.05) is 12.6 Å². The molecule has 2 fully saturated rings. The molecular weight excluding hydrogens is 389 g/mol. The molecule has 4 nitrogen and oxygen atoms in total. The highest BCUT2D eigenvalue weighted by Gasteiger charge is 2.49. The molecule has 1 N–H and O–H groups in total. The molecule has 0 aromatic heterocycles. The molecule has 158 valence electrons. The van der Waals surface area contributed by atoms with Crippen LogP contribution in [0.4, 0.5) is 13.2 Å². The van der Waals surface area contributed by atoms with Crippen LogP contribution in [0.1, 0.15) is 51.0 Å². The predicted molar refractivity (Wildman–Crippen MR) is 102 cm³/mol. The van der Waals surface area contributed by atoms with Crippen LogP contribution in [-0.2, 0) is 16.2 Å². The van der Waals surface area contributed by atoms with Crippen molar-refractivity contribution in [3.8, 4) is 0 Å². The Bertz CT molecular complexity index is 768. The van der Waals surface area contributed by atoms with E-state index in [4.69, 9.17) is 0 Å². The highest BCUT2D eigenvalue weighted by atomic mass is 32.2. The van der Waals surface area contributed by atoms with E-state index in [1.807, 2.05) is 6.92 Å². The average molecular weight is 419 g/mol. The molecule has 1 aromatic rings. The Morgan fingerprint density at radius 2 is 1.61 bits per heavy atom. The molecule has 0 bridgehead atoms. The standard InChI is InChI=1S/C20H29F3N2O2S/c1-19(17-12-13-24-14-17,15-6-4-3-5-7-15)25(2)28(26,27)18-10-8-16(9-11-18)20(21,22)23/h8-11,15,17,24H,3-7,12-14H2,1-2H3. The Morgan fingerprint density at radius 3 is 2.11 bits per heavy atom. The molecule has 0 radical (unpaired) electrons. The lowest BCUT2D eigenvalue weighted by Crippen LogP contribution is -2.58. The first-order valence-electron chi connectivity index (χ1n) is 9.95. The van der Waals surface area contributed by atoms with E-state index in [0.717, 1.165) is 69.5 Å². The molecule has 0 spiro atoms. The first kappa shape index (κ1) is 21.6. The first-order valence-corrected chi connectivity index (χ1v) is 11.4. The quantitative estimate of drug-likeness (QED) is 0.777. The minimum atomic E-state index is -4.49. The highest BCUT2D eigenvalue weighted by molar-refractivity contribution is 7.89. The fraction of sp³-hybridized carbons (Fsp3) is 0.700. The summed E-state index contributed by atoms with van der Waals surface area (Å²) in [5, 5.41) is 3.34. The zero-order chi connectivity index (χ0) is 20.6. The van der Waals surface area contributed by atoms with Crippen molar-refractivity contribution < 1.29 is 21.6 Å². The molecule has 1 aliphatic carbocycles. The summed E-state index contributed by atoms with van der Waals surface area (Å²) in [4.78, 5) is -0.0870. The van der Waals surface area contributed by atoms with Gasteiger partial charge >= 0.3 is 6.18 Å². The SMILES string of the molecule is CN(C(C)(C1CCCCC1)C1CCNC1)S(=O)(=O)c1ccc(C(F)(F)F)cc1. The minimum Gasteiger partial charge on any atom is -0.316 e.